The average Bonchev–Trinajstić information content (AvgIpc) is 3.37. The number of hydrogen-bond donors (Lipinski definition) is 2. The van der Waals surface area contributed by atoms with Gasteiger partial charge in [-0.25, -0.2) is 14.8 Å². The molecule has 1 amide bonds. The summed E-state index contributed by atoms with van der Waals surface area (Å²) in [6, 6.07) is 5.32. The second-order valence-corrected chi connectivity index (χ2v) is 7.00. The zero-order chi connectivity index (χ0) is 19.7. The molecule has 0 radical (unpaired) electrons. The third-order valence-corrected chi connectivity index (χ3v) is 5.05. The Kier molecular flexibility index (Phi) is 4.91. The lowest BCUT2D eigenvalue weighted by Crippen LogP contribution is -2.38. The zero-order valence-electron chi connectivity index (χ0n) is 15.2. The quantitative estimate of drug-likeness (QED) is 0.627. The Morgan fingerprint density at radius 1 is 1.50 bits per heavy atom. The Bertz CT molecular complexity index is 996. The highest BCUT2D eigenvalue weighted by Crippen LogP contribution is 2.28. The molecule has 1 aliphatic rings. The third-order valence-electron chi connectivity index (χ3n) is 4.84. The van der Waals surface area contributed by atoms with Crippen molar-refractivity contribution in [2.24, 2.45) is 0 Å². The summed E-state index contributed by atoms with van der Waals surface area (Å²) in [5, 5.41) is 13.6. The van der Waals surface area contributed by atoms with Crippen LogP contribution in [-0.2, 0) is 6.54 Å². The van der Waals surface area contributed by atoms with Crippen molar-refractivity contribution in [3.63, 3.8) is 0 Å². The van der Waals surface area contributed by atoms with Gasteiger partial charge in [0.05, 0.1) is 30.6 Å². The number of fused-ring (bicyclic) bond motifs is 1. The van der Waals surface area contributed by atoms with E-state index in [4.69, 9.17) is 16.0 Å². The van der Waals surface area contributed by atoms with Crippen molar-refractivity contribution in [1.82, 2.24) is 19.9 Å². The zero-order valence-corrected chi connectivity index (χ0v) is 15.9. The molecule has 0 bridgehead atoms. The SMILES string of the molecule is CN(C(=O)O)C1CCN(c2nc(NCc3ccco3)c3cc(Cl)ncc3n2)C1. The van der Waals surface area contributed by atoms with Crippen LogP contribution >= 0.6 is 11.6 Å². The van der Waals surface area contributed by atoms with E-state index >= 15 is 0 Å². The van der Waals surface area contributed by atoms with Crippen LogP contribution in [0.15, 0.2) is 35.1 Å². The number of amides is 1. The highest BCUT2D eigenvalue weighted by Gasteiger charge is 2.30. The van der Waals surface area contributed by atoms with E-state index in [0.717, 1.165) is 17.6 Å². The highest BCUT2D eigenvalue weighted by atomic mass is 35.5. The minimum absolute atomic E-state index is 0.0975. The van der Waals surface area contributed by atoms with E-state index in [1.807, 2.05) is 17.0 Å². The van der Waals surface area contributed by atoms with Crippen molar-refractivity contribution in [3.05, 3.63) is 41.6 Å². The Balaban J connectivity index is 1.64. The molecule has 1 atom stereocenters. The lowest BCUT2D eigenvalue weighted by Gasteiger charge is -2.22. The van der Waals surface area contributed by atoms with E-state index in [9.17, 15) is 9.90 Å². The van der Waals surface area contributed by atoms with Crippen LogP contribution in [0.5, 0.6) is 0 Å². The normalized spacial score (nSPS) is 16.5. The van der Waals surface area contributed by atoms with Crippen LogP contribution in [0.4, 0.5) is 16.6 Å². The molecule has 9 nitrogen and oxygen atoms in total. The first kappa shape index (κ1) is 18.3. The number of nitrogens with zero attached hydrogens (tertiary/aromatic N) is 5. The molecule has 4 rings (SSSR count). The number of hydrogen-bond acceptors (Lipinski definition) is 7. The number of nitrogens with one attached hydrogen (secondary N) is 1. The number of carboxylic acid groups (broad SMARTS) is 1. The Labute approximate surface area is 166 Å². The van der Waals surface area contributed by atoms with Crippen molar-refractivity contribution < 1.29 is 14.3 Å². The van der Waals surface area contributed by atoms with Gasteiger partial charge in [0.25, 0.3) is 0 Å². The van der Waals surface area contributed by atoms with Crippen LogP contribution in [0, 0.1) is 0 Å². The summed E-state index contributed by atoms with van der Waals surface area (Å²) in [5.41, 5.74) is 0.659. The molecule has 0 spiro atoms. The summed E-state index contributed by atoms with van der Waals surface area (Å²) in [7, 11) is 1.58. The van der Waals surface area contributed by atoms with Gasteiger partial charge in [-0.2, -0.15) is 4.98 Å². The van der Waals surface area contributed by atoms with Crippen LogP contribution < -0.4 is 10.2 Å². The topological polar surface area (TPSA) is 108 Å². The van der Waals surface area contributed by atoms with Gasteiger partial charge in [-0.15, -0.1) is 0 Å². The van der Waals surface area contributed by atoms with E-state index in [1.165, 1.54) is 4.90 Å². The van der Waals surface area contributed by atoms with Crippen LogP contribution in [0.1, 0.15) is 12.2 Å². The molecule has 1 unspecified atom stereocenters. The largest absolute Gasteiger partial charge is 0.467 e. The van der Waals surface area contributed by atoms with Gasteiger partial charge in [0.1, 0.15) is 16.7 Å². The number of pyridine rings is 1. The standard InChI is InChI=1S/C18H19ClN6O3/c1-24(18(26)27)11-4-5-25(10-11)17-22-14-9-20-15(19)7-13(14)16(23-17)21-8-12-3-2-6-28-12/h2-3,6-7,9,11H,4-5,8,10H2,1H3,(H,26,27)(H,21,22,23). The van der Waals surface area contributed by atoms with Gasteiger partial charge in [-0.3, -0.25) is 0 Å². The number of carbonyl (C=O) groups is 1. The van der Waals surface area contributed by atoms with E-state index in [2.05, 4.69) is 20.3 Å². The highest BCUT2D eigenvalue weighted by molar-refractivity contribution is 6.30. The third kappa shape index (κ3) is 3.65. The molecule has 3 aromatic rings. The van der Waals surface area contributed by atoms with Gasteiger partial charge < -0.3 is 24.6 Å². The second kappa shape index (κ2) is 7.51. The molecule has 1 aliphatic heterocycles. The van der Waals surface area contributed by atoms with Crippen molar-refractivity contribution in [2.45, 2.75) is 19.0 Å². The maximum atomic E-state index is 11.2. The molecule has 3 aromatic heterocycles. The molecule has 146 valence electrons. The Morgan fingerprint density at radius 2 is 2.36 bits per heavy atom. The van der Waals surface area contributed by atoms with Crippen molar-refractivity contribution >= 4 is 40.4 Å². The van der Waals surface area contributed by atoms with Crippen molar-refractivity contribution in [3.8, 4) is 0 Å². The van der Waals surface area contributed by atoms with Crippen LogP contribution in [0.25, 0.3) is 10.9 Å². The fourth-order valence-electron chi connectivity index (χ4n) is 3.25. The number of likely N-dealkylation sites (N-methyl/N-ethyl adjacent to an activating group) is 1. The fourth-order valence-corrected chi connectivity index (χ4v) is 3.41. The molecule has 1 saturated heterocycles. The minimum Gasteiger partial charge on any atom is -0.467 e. The Morgan fingerprint density at radius 3 is 3.11 bits per heavy atom. The first-order valence-electron chi connectivity index (χ1n) is 8.81. The summed E-state index contributed by atoms with van der Waals surface area (Å²) in [4.78, 5) is 27.9. The maximum absolute atomic E-state index is 11.2. The molecule has 4 heterocycles. The lowest BCUT2D eigenvalue weighted by atomic mass is 10.2. The van der Waals surface area contributed by atoms with Gasteiger partial charge in [0.2, 0.25) is 5.95 Å². The number of aromatic nitrogens is 3. The smallest absolute Gasteiger partial charge is 0.407 e. The van der Waals surface area contributed by atoms with Crippen LogP contribution in [0.3, 0.4) is 0 Å². The van der Waals surface area contributed by atoms with Gasteiger partial charge >= 0.3 is 6.09 Å². The molecule has 10 heteroatoms. The monoisotopic (exact) mass is 402 g/mol. The van der Waals surface area contributed by atoms with Gasteiger partial charge in [-0.05, 0) is 24.6 Å². The van der Waals surface area contributed by atoms with Gasteiger partial charge in [-0.1, -0.05) is 11.6 Å². The van der Waals surface area contributed by atoms with E-state index in [0.29, 0.717) is 42.1 Å². The summed E-state index contributed by atoms with van der Waals surface area (Å²) >= 11 is 6.06. The first-order chi connectivity index (χ1) is 13.5. The lowest BCUT2D eigenvalue weighted by molar-refractivity contribution is 0.142. The molecule has 0 aromatic carbocycles. The number of anilines is 2. The molecule has 0 aliphatic carbocycles. The predicted molar refractivity (Wildman–Crippen MR) is 105 cm³/mol. The Hall–Kier alpha value is -3.07. The van der Waals surface area contributed by atoms with Gasteiger partial charge in [0.15, 0.2) is 0 Å². The fraction of sp³-hybridized carbons (Fsp3) is 0.333. The van der Waals surface area contributed by atoms with E-state index < -0.39 is 6.09 Å². The van der Waals surface area contributed by atoms with Crippen molar-refractivity contribution in [2.75, 3.05) is 30.4 Å². The summed E-state index contributed by atoms with van der Waals surface area (Å²) < 4.78 is 5.37. The molecular formula is C18H19ClN6O3. The molecule has 0 saturated carbocycles. The maximum Gasteiger partial charge on any atom is 0.407 e. The van der Waals surface area contributed by atoms with Crippen molar-refractivity contribution in [1.29, 1.82) is 0 Å². The molecular weight excluding hydrogens is 384 g/mol. The number of rotatable bonds is 5. The summed E-state index contributed by atoms with van der Waals surface area (Å²) in [5.74, 6) is 1.92. The molecule has 28 heavy (non-hydrogen) atoms. The minimum atomic E-state index is -0.939. The van der Waals surface area contributed by atoms with Crippen LogP contribution in [0.2, 0.25) is 5.15 Å². The summed E-state index contributed by atoms with van der Waals surface area (Å²) in [6.07, 6.45) is 3.01. The van der Waals surface area contributed by atoms with E-state index in [1.54, 1.807) is 25.6 Å². The number of furan rings is 1. The van der Waals surface area contributed by atoms with Gasteiger partial charge in [0, 0.05) is 25.5 Å². The average molecular weight is 403 g/mol. The molecule has 2 N–H and O–H groups in total. The first-order valence-corrected chi connectivity index (χ1v) is 9.19. The van der Waals surface area contributed by atoms with E-state index in [-0.39, 0.29) is 6.04 Å². The molecule has 1 fully saturated rings. The van der Waals surface area contributed by atoms with Crippen LogP contribution in [-0.4, -0.2) is 57.2 Å². The predicted octanol–water partition coefficient (Wildman–Crippen LogP) is 3.07. The second-order valence-electron chi connectivity index (χ2n) is 6.61. The summed E-state index contributed by atoms with van der Waals surface area (Å²) in [6.45, 7) is 1.67. The number of halogens is 1.